The Bertz CT molecular complexity index is 281. The summed E-state index contributed by atoms with van der Waals surface area (Å²) in [5.41, 5.74) is 0.804. The monoisotopic (exact) mass is 199 g/mol. The second-order valence-corrected chi connectivity index (χ2v) is 4.42. The zero-order chi connectivity index (χ0) is 9.26. The summed E-state index contributed by atoms with van der Waals surface area (Å²) in [6.45, 7) is 3.38. The first-order chi connectivity index (χ1) is 6.27. The summed E-state index contributed by atoms with van der Waals surface area (Å²) in [6.07, 6.45) is 0.505. The van der Waals surface area contributed by atoms with Crippen LogP contribution in [0.4, 0.5) is 0 Å². The van der Waals surface area contributed by atoms with Crippen molar-refractivity contribution in [1.29, 1.82) is 0 Å². The Kier molecular flexibility index (Phi) is 2.62. The molecule has 72 valence electrons. The Morgan fingerprint density at radius 2 is 2.62 bits per heavy atom. The van der Waals surface area contributed by atoms with Crippen LogP contribution in [0, 0.1) is 12.8 Å². The largest absolute Gasteiger partial charge is 0.386 e. The van der Waals surface area contributed by atoms with Crippen LogP contribution in [0.15, 0.2) is 5.38 Å². The van der Waals surface area contributed by atoms with Gasteiger partial charge in [0, 0.05) is 17.9 Å². The zero-order valence-corrected chi connectivity index (χ0v) is 8.38. The molecule has 0 bridgehead atoms. The standard InChI is InChI=1S/C9H13NO2S/c1-6-10-8(5-13-6)9(11)7-2-3-12-4-7/h5,7,9,11H,2-4H2,1H3. The molecular formula is C9H13NO2S. The minimum atomic E-state index is -0.438. The SMILES string of the molecule is Cc1nc(C(O)C2CCOC2)cs1. The number of rotatable bonds is 2. The highest BCUT2D eigenvalue weighted by atomic mass is 32.1. The number of aromatic nitrogens is 1. The maximum Gasteiger partial charge on any atom is 0.102 e. The molecule has 3 nitrogen and oxygen atoms in total. The maximum atomic E-state index is 9.90. The lowest BCUT2D eigenvalue weighted by Gasteiger charge is -2.13. The van der Waals surface area contributed by atoms with Gasteiger partial charge in [-0.3, -0.25) is 0 Å². The van der Waals surface area contributed by atoms with Gasteiger partial charge in [0.25, 0.3) is 0 Å². The van der Waals surface area contributed by atoms with Crippen molar-refractivity contribution in [2.75, 3.05) is 13.2 Å². The predicted molar refractivity (Wildman–Crippen MR) is 50.7 cm³/mol. The van der Waals surface area contributed by atoms with Gasteiger partial charge in [0.15, 0.2) is 0 Å². The molecule has 13 heavy (non-hydrogen) atoms. The van der Waals surface area contributed by atoms with Crippen molar-refractivity contribution in [3.8, 4) is 0 Å². The molecule has 1 aromatic heterocycles. The lowest BCUT2D eigenvalue weighted by molar-refractivity contribution is 0.0889. The van der Waals surface area contributed by atoms with E-state index in [1.54, 1.807) is 11.3 Å². The van der Waals surface area contributed by atoms with E-state index in [9.17, 15) is 5.11 Å². The number of thiazole rings is 1. The van der Waals surface area contributed by atoms with Crippen LogP contribution in [-0.4, -0.2) is 23.3 Å². The molecule has 1 N–H and O–H groups in total. The van der Waals surface area contributed by atoms with Gasteiger partial charge < -0.3 is 9.84 Å². The number of aryl methyl sites for hydroxylation is 1. The Hall–Kier alpha value is -0.450. The topological polar surface area (TPSA) is 42.4 Å². The average Bonchev–Trinajstić information content (AvgIpc) is 2.72. The lowest BCUT2D eigenvalue weighted by atomic mass is 10.00. The van der Waals surface area contributed by atoms with E-state index in [0.29, 0.717) is 6.61 Å². The molecule has 2 heterocycles. The molecule has 2 atom stereocenters. The van der Waals surface area contributed by atoms with Gasteiger partial charge in [-0.05, 0) is 13.3 Å². The van der Waals surface area contributed by atoms with Crippen LogP contribution in [-0.2, 0) is 4.74 Å². The molecule has 0 spiro atoms. The fourth-order valence-corrected chi connectivity index (χ4v) is 2.20. The summed E-state index contributed by atoms with van der Waals surface area (Å²) in [5.74, 6) is 0.237. The highest BCUT2D eigenvalue weighted by Gasteiger charge is 2.26. The summed E-state index contributed by atoms with van der Waals surface area (Å²) in [7, 11) is 0. The van der Waals surface area contributed by atoms with E-state index in [1.165, 1.54) is 0 Å². The molecule has 2 rings (SSSR count). The van der Waals surface area contributed by atoms with E-state index >= 15 is 0 Å². The molecule has 1 fully saturated rings. The van der Waals surface area contributed by atoms with E-state index in [2.05, 4.69) is 4.98 Å². The van der Waals surface area contributed by atoms with Crippen molar-refractivity contribution in [2.45, 2.75) is 19.4 Å². The van der Waals surface area contributed by atoms with Crippen molar-refractivity contribution in [1.82, 2.24) is 4.98 Å². The maximum absolute atomic E-state index is 9.90. The van der Waals surface area contributed by atoms with Gasteiger partial charge in [-0.2, -0.15) is 0 Å². The van der Waals surface area contributed by atoms with Gasteiger partial charge in [-0.25, -0.2) is 4.98 Å². The van der Waals surface area contributed by atoms with Crippen LogP contribution < -0.4 is 0 Å². The molecule has 0 saturated carbocycles. The summed E-state index contributed by atoms with van der Waals surface area (Å²) in [6, 6.07) is 0. The third kappa shape index (κ3) is 1.90. The van der Waals surface area contributed by atoms with Crippen LogP contribution >= 0.6 is 11.3 Å². The number of ether oxygens (including phenoxy) is 1. The highest BCUT2D eigenvalue weighted by molar-refractivity contribution is 7.09. The molecule has 0 radical (unpaired) electrons. The van der Waals surface area contributed by atoms with Crippen molar-refractivity contribution in [2.24, 2.45) is 5.92 Å². The first kappa shape index (κ1) is 9.12. The molecular weight excluding hydrogens is 186 g/mol. The van der Waals surface area contributed by atoms with E-state index in [1.807, 2.05) is 12.3 Å². The third-order valence-corrected chi connectivity index (χ3v) is 3.14. The summed E-state index contributed by atoms with van der Waals surface area (Å²) < 4.78 is 5.22. The molecule has 2 unspecified atom stereocenters. The van der Waals surface area contributed by atoms with Crippen molar-refractivity contribution >= 4 is 11.3 Å². The molecule has 1 aromatic rings. The molecule has 1 aliphatic heterocycles. The number of aliphatic hydroxyl groups is 1. The predicted octanol–water partition coefficient (Wildman–Crippen LogP) is 1.52. The Morgan fingerprint density at radius 3 is 3.15 bits per heavy atom. The van der Waals surface area contributed by atoms with Gasteiger partial charge in [-0.1, -0.05) is 0 Å². The fourth-order valence-electron chi connectivity index (χ4n) is 1.56. The van der Waals surface area contributed by atoms with E-state index in [0.717, 1.165) is 23.7 Å². The van der Waals surface area contributed by atoms with Crippen LogP contribution in [0.2, 0.25) is 0 Å². The number of nitrogens with zero attached hydrogens (tertiary/aromatic N) is 1. The van der Waals surface area contributed by atoms with Crippen LogP contribution in [0.3, 0.4) is 0 Å². The first-order valence-corrected chi connectivity index (χ1v) is 5.33. The highest BCUT2D eigenvalue weighted by Crippen LogP contribution is 2.28. The van der Waals surface area contributed by atoms with Crippen molar-refractivity contribution in [3.05, 3.63) is 16.1 Å². The zero-order valence-electron chi connectivity index (χ0n) is 7.56. The van der Waals surface area contributed by atoms with Gasteiger partial charge in [0.2, 0.25) is 0 Å². The second-order valence-electron chi connectivity index (χ2n) is 3.36. The molecule has 1 saturated heterocycles. The quantitative estimate of drug-likeness (QED) is 0.785. The Balaban J connectivity index is 2.07. The Morgan fingerprint density at radius 1 is 1.77 bits per heavy atom. The van der Waals surface area contributed by atoms with Gasteiger partial charge in [-0.15, -0.1) is 11.3 Å². The van der Waals surface area contributed by atoms with Crippen molar-refractivity contribution in [3.63, 3.8) is 0 Å². The molecule has 4 heteroatoms. The smallest absolute Gasteiger partial charge is 0.102 e. The van der Waals surface area contributed by atoms with Crippen LogP contribution in [0.1, 0.15) is 23.2 Å². The molecule has 0 aromatic carbocycles. The number of hydrogen-bond acceptors (Lipinski definition) is 4. The van der Waals surface area contributed by atoms with Crippen molar-refractivity contribution < 1.29 is 9.84 Å². The molecule has 1 aliphatic rings. The average molecular weight is 199 g/mol. The van der Waals surface area contributed by atoms with Gasteiger partial charge in [0.1, 0.15) is 6.10 Å². The van der Waals surface area contributed by atoms with Gasteiger partial charge >= 0.3 is 0 Å². The number of hydrogen-bond donors (Lipinski definition) is 1. The fraction of sp³-hybridized carbons (Fsp3) is 0.667. The van der Waals surface area contributed by atoms with Gasteiger partial charge in [0.05, 0.1) is 17.3 Å². The van der Waals surface area contributed by atoms with Crippen LogP contribution in [0.5, 0.6) is 0 Å². The van der Waals surface area contributed by atoms with Crippen LogP contribution in [0.25, 0.3) is 0 Å². The first-order valence-electron chi connectivity index (χ1n) is 4.45. The van der Waals surface area contributed by atoms with E-state index in [4.69, 9.17) is 4.74 Å². The van der Waals surface area contributed by atoms with E-state index in [-0.39, 0.29) is 5.92 Å². The summed E-state index contributed by atoms with van der Waals surface area (Å²) in [4.78, 5) is 4.27. The third-order valence-electron chi connectivity index (χ3n) is 2.35. The summed E-state index contributed by atoms with van der Waals surface area (Å²) >= 11 is 1.58. The minimum Gasteiger partial charge on any atom is -0.386 e. The normalized spacial score (nSPS) is 24.9. The summed E-state index contributed by atoms with van der Waals surface area (Å²) in [5, 5.41) is 12.8. The lowest BCUT2D eigenvalue weighted by Crippen LogP contribution is -2.12. The number of aliphatic hydroxyl groups excluding tert-OH is 1. The minimum absolute atomic E-state index is 0.237. The molecule has 0 amide bonds. The Labute approximate surface area is 81.4 Å². The molecule has 0 aliphatic carbocycles. The second kappa shape index (κ2) is 3.74. The van der Waals surface area contributed by atoms with E-state index < -0.39 is 6.10 Å².